The van der Waals surface area contributed by atoms with Gasteiger partial charge in [-0.15, -0.1) is 11.3 Å². The Morgan fingerprint density at radius 2 is 1.83 bits per heavy atom. The Balaban J connectivity index is 1.55. The molecule has 0 fully saturated rings. The number of hydrogen-bond acceptors (Lipinski definition) is 4. The van der Waals surface area contributed by atoms with Crippen LogP contribution in [-0.4, -0.2) is 16.6 Å². The third kappa shape index (κ3) is 4.05. The number of aliphatic hydroxyl groups excluding tert-OH is 1. The molecule has 118 valence electrons. The first-order valence-corrected chi connectivity index (χ1v) is 8.56. The smallest absolute Gasteiger partial charge is 0.107 e. The van der Waals surface area contributed by atoms with Crippen LogP contribution in [0.25, 0.3) is 11.3 Å². The summed E-state index contributed by atoms with van der Waals surface area (Å²) < 4.78 is 0. The molecule has 0 aliphatic carbocycles. The lowest BCUT2D eigenvalue weighted by atomic mass is 10.0. The SMILES string of the molecule is Cc1ccccc1C(O)CNCc1nc(-c2ccccc2)cs1. The van der Waals surface area contributed by atoms with Crippen LogP contribution in [0.4, 0.5) is 0 Å². The van der Waals surface area contributed by atoms with Crippen molar-refractivity contribution in [2.45, 2.75) is 19.6 Å². The second-order valence-corrected chi connectivity index (χ2v) is 6.44. The van der Waals surface area contributed by atoms with Crippen molar-refractivity contribution in [2.75, 3.05) is 6.54 Å². The second-order valence-electron chi connectivity index (χ2n) is 5.50. The maximum absolute atomic E-state index is 10.3. The van der Waals surface area contributed by atoms with Crippen molar-refractivity contribution in [1.82, 2.24) is 10.3 Å². The van der Waals surface area contributed by atoms with Crippen molar-refractivity contribution >= 4 is 11.3 Å². The molecule has 1 heterocycles. The van der Waals surface area contributed by atoms with Gasteiger partial charge >= 0.3 is 0 Å². The van der Waals surface area contributed by atoms with E-state index in [0.717, 1.165) is 27.4 Å². The minimum atomic E-state index is -0.496. The van der Waals surface area contributed by atoms with Gasteiger partial charge in [0.15, 0.2) is 0 Å². The summed E-state index contributed by atoms with van der Waals surface area (Å²) in [5.41, 5.74) is 4.23. The van der Waals surface area contributed by atoms with Crippen LogP contribution in [0.1, 0.15) is 22.2 Å². The van der Waals surface area contributed by atoms with Gasteiger partial charge in [-0.05, 0) is 18.1 Å². The van der Waals surface area contributed by atoms with Gasteiger partial charge in [0.1, 0.15) is 5.01 Å². The van der Waals surface area contributed by atoms with Gasteiger partial charge in [0.25, 0.3) is 0 Å². The van der Waals surface area contributed by atoms with Crippen molar-refractivity contribution < 1.29 is 5.11 Å². The standard InChI is InChI=1S/C19H20N2OS/c1-14-7-5-6-10-16(14)18(22)11-20-12-19-21-17(13-23-19)15-8-3-2-4-9-15/h2-10,13,18,20,22H,11-12H2,1H3. The lowest BCUT2D eigenvalue weighted by molar-refractivity contribution is 0.173. The Morgan fingerprint density at radius 1 is 1.09 bits per heavy atom. The first-order chi connectivity index (χ1) is 11.2. The summed E-state index contributed by atoms with van der Waals surface area (Å²) >= 11 is 1.64. The minimum absolute atomic E-state index is 0.496. The summed E-state index contributed by atoms with van der Waals surface area (Å²) in [5, 5.41) is 16.7. The van der Waals surface area contributed by atoms with E-state index in [4.69, 9.17) is 0 Å². The molecule has 1 unspecified atom stereocenters. The first kappa shape index (κ1) is 15.9. The summed E-state index contributed by atoms with van der Waals surface area (Å²) in [6.07, 6.45) is -0.496. The normalized spacial score (nSPS) is 12.3. The van der Waals surface area contributed by atoms with Gasteiger partial charge in [-0.3, -0.25) is 0 Å². The lowest BCUT2D eigenvalue weighted by Crippen LogP contribution is -2.21. The number of nitrogens with one attached hydrogen (secondary N) is 1. The number of nitrogens with zero attached hydrogens (tertiary/aromatic N) is 1. The molecule has 2 aromatic carbocycles. The Kier molecular flexibility index (Phi) is 5.18. The highest BCUT2D eigenvalue weighted by Gasteiger charge is 2.10. The van der Waals surface area contributed by atoms with E-state index < -0.39 is 6.10 Å². The molecule has 0 amide bonds. The molecule has 2 N–H and O–H groups in total. The molecule has 3 rings (SSSR count). The van der Waals surface area contributed by atoms with Gasteiger partial charge in [0.05, 0.1) is 11.8 Å². The van der Waals surface area contributed by atoms with E-state index in [0.29, 0.717) is 13.1 Å². The summed E-state index contributed by atoms with van der Waals surface area (Å²) in [6, 6.07) is 18.1. The van der Waals surface area contributed by atoms with Gasteiger partial charge < -0.3 is 10.4 Å². The summed E-state index contributed by atoms with van der Waals surface area (Å²) in [6.45, 7) is 3.21. The molecule has 0 saturated heterocycles. The highest BCUT2D eigenvalue weighted by atomic mass is 32.1. The maximum Gasteiger partial charge on any atom is 0.107 e. The van der Waals surface area contributed by atoms with Crippen LogP contribution >= 0.6 is 11.3 Å². The fourth-order valence-corrected chi connectivity index (χ4v) is 3.29. The lowest BCUT2D eigenvalue weighted by Gasteiger charge is -2.13. The molecule has 0 saturated carbocycles. The number of aliphatic hydroxyl groups is 1. The van der Waals surface area contributed by atoms with Gasteiger partial charge in [-0.25, -0.2) is 4.98 Å². The van der Waals surface area contributed by atoms with Crippen molar-refractivity contribution in [1.29, 1.82) is 0 Å². The molecule has 0 bridgehead atoms. The summed E-state index contributed by atoms with van der Waals surface area (Å²) in [4.78, 5) is 4.64. The number of rotatable bonds is 6. The highest BCUT2D eigenvalue weighted by molar-refractivity contribution is 7.09. The Bertz CT molecular complexity index is 755. The zero-order valence-corrected chi connectivity index (χ0v) is 13.9. The topological polar surface area (TPSA) is 45.1 Å². The van der Waals surface area contributed by atoms with E-state index in [2.05, 4.69) is 27.8 Å². The maximum atomic E-state index is 10.3. The molecule has 0 aliphatic heterocycles. The predicted octanol–water partition coefficient (Wildman–Crippen LogP) is 3.94. The van der Waals surface area contributed by atoms with Crippen LogP contribution in [0.3, 0.4) is 0 Å². The monoisotopic (exact) mass is 324 g/mol. The van der Waals surface area contributed by atoms with Gasteiger partial charge in [0.2, 0.25) is 0 Å². The summed E-state index contributed by atoms with van der Waals surface area (Å²) in [5.74, 6) is 0. The first-order valence-electron chi connectivity index (χ1n) is 7.68. The average Bonchev–Trinajstić information content (AvgIpc) is 3.05. The third-order valence-corrected chi connectivity index (χ3v) is 4.63. The Hall–Kier alpha value is -2.01. The van der Waals surface area contributed by atoms with Crippen LogP contribution in [0.5, 0.6) is 0 Å². The van der Waals surface area contributed by atoms with Crippen LogP contribution in [0.2, 0.25) is 0 Å². The Labute approximate surface area is 140 Å². The van der Waals surface area contributed by atoms with Crippen LogP contribution in [0.15, 0.2) is 60.0 Å². The van der Waals surface area contributed by atoms with Crippen molar-refractivity contribution in [3.05, 3.63) is 76.1 Å². The van der Waals surface area contributed by atoms with Gasteiger partial charge in [-0.1, -0.05) is 54.6 Å². The van der Waals surface area contributed by atoms with E-state index >= 15 is 0 Å². The molecular weight excluding hydrogens is 304 g/mol. The molecule has 1 atom stereocenters. The van der Waals surface area contributed by atoms with Crippen LogP contribution in [-0.2, 0) is 6.54 Å². The quantitative estimate of drug-likeness (QED) is 0.722. The molecular formula is C19H20N2OS. The third-order valence-electron chi connectivity index (χ3n) is 3.78. The van der Waals surface area contributed by atoms with E-state index in [9.17, 15) is 5.11 Å². The van der Waals surface area contributed by atoms with E-state index in [-0.39, 0.29) is 0 Å². The molecule has 3 nitrogen and oxygen atoms in total. The van der Waals surface area contributed by atoms with Crippen molar-refractivity contribution in [2.24, 2.45) is 0 Å². The van der Waals surface area contributed by atoms with Crippen molar-refractivity contribution in [3.63, 3.8) is 0 Å². The van der Waals surface area contributed by atoms with Gasteiger partial charge in [-0.2, -0.15) is 0 Å². The largest absolute Gasteiger partial charge is 0.387 e. The number of aromatic nitrogens is 1. The number of hydrogen-bond donors (Lipinski definition) is 2. The second kappa shape index (κ2) is 7.51. The molecule has 0 spiro atoms. The fraction of sp³-hybridized carbons (Fsp3) is 0.211. The predicted molar refractivity (Wildman–Crippen MR) is 95.4 cm³/mol. The van der Waals surface area contributed by atoms with E-state index in [1.807, 2.05) is 49.4 Å². The van der Waals surface area contributed by atoms with E-state index in [1.165, 1.54) is 0 Å². The molecule has 0 radical (unpaired) electrons. The van der Waals surface area contributed by atoms with Gasteiger partial charge in [0, 0.05) is 24.0 Å². The molecule has 4 heteroatoms. The number of aryl methyl sites for hydroxylation is 1. The minimum Gasteiger partial charge on any atom is -0.387 e. The number of thiazole rings is 1. The zero-order chi connectivity index (χ0) is 16.1. The number of benzene rings is 2. The van der Waals surface area contributed by atoms with Crippen molar-refractivity contribution in [3.8, 4) is 11.3 Å². The Morgan fingerprint density at radius 3 is 2.61 bits per heavy atom. The molecule has 3 aromatic rings. The molecule has 1 aromatic heterocycles. The fourth-order valence-electron chi connectivity index (χ4n) is 2.52. The molecule has 23 heavy (non-hydrogen) atoms. The summed E-state index contributed by atoms with van der Waals surface area (Å²) in [7, 11) is 0. The highest BCUT2D eigenvalue weighted by Crippen LogP contribution is 2.21. The van der Waals surface area contributed by atoms with Crippen LogP contribution < -0.4 is 5.32 Å². The van der Waals surface area contributed by atoms with E-state index in [1.54, 1.807) is 11.3 Å². The average molecular weight is 324 g/mol. The van der Waals surface area contributed by atoms with Crippen LogP contribution in [0, 0.1) is 6.92 Å². The zero-order valence-electron chi connectivity index (χ0n) is 13.1. The molecule has 0 aliphatic rings.